The second kappa shape index (κ2) is 29.8. The fraction of sp³-hybridized carbons (Fsp3) is 0.638. The van der Waals surface area contributed by atoms with E-state index in [1.54, 1.807) is 33.8 Å². The smallest absolute Gasteiger partial charge is 0.343 e. The first-order valence-electron chi connectivity index (χ1n) is 28.4. The maximum atomic E-state index is 15.5. The molecule has 2 aliphatic rings. The highest BCUT2D eigenvalue weighted by Crippen LogP contribution is 2.40. The highest BCUT2D eigenvalue weighted by atomic mass is 19.1. The van der Waals surface area contributed by atoms with Crippen molar-refractivity contribution in [3.63, 3.8) is 0 Å². The van der Waals surface area contributed by atoms with Crippen LogP contribution in [0.5, 0.6) is 0 Å². The number of Topliss-reactive ketones (excluding diaryl/α,β-unsaturated/α-hetero) is 1. The van der Waals surface area contributed by atoms with Gasteiger partial charge in [0.15, 0.2) is 5.60 Å². The molecule has 0 saturated heterocycles. The predicted octanol–water partition coefficient (Wildman–Crippen LogP) is 1.75. The quantitative estimate of drug-likeness (QED) is 0.0184. The molecule has 9 atom stereocenters. The Bertz CT molecular complexity index is 2860. The third-order valence-corrected chi connectivity index (χ3v) is 15.9. The molecule has 5 amide bonds. The minimum absolute atomic E-state index is 0.00587. The molecule has 2 aromatic heterocycles. The van der Waals surface area contributed by atoms with Crippen LogP contribution in [0.4, 0.5) is 4.39 Å². The van der Waals surface area contributed by atoms with Crippen molar-refractivity contribution >= 4 is 52.2 Å². The molecule has 2 aliphatic heterocycles. The van der Waals surface area contributed by atoms with Gasteiger partial charge in [0.25, 0.3) is 5.56 Å². The van der Waals surface area contributed by atoms with Crippen LogP contribution in [0.1, 0.15) is 153 Å². The summed E-state index contributed by atoms with van der Waals surface area (Å²) in [5.74, 6) is -5.15. The minimum Gasteiger partial charge on any atom is -0.458 e. The topological polar surface area (TPSA) is 354 Å². The molecule has 0 saturated carbocycles. The number of carbonyl (C=O) groups is 7. The number of pyridine rings is 2. The Labute approximate surface area is 476 Å². The Balaban J connectivity index is 1.13. The van der Waals surface area contributed by atoms with Crippen molar-refractivity contribution in [2.24, 2.45) is 11.3 Å². The third kappa shape index (κ3) is 16.1. The van der Waals surface area contributed by atoms with Crippen molar-refractivity contribution < 1.29 is 78.1 Å². The minimum atomic E-state index is -1.99. The molecule has 1 aromatic carbocycles. The SMILES string of the molecule is CCCC(C)(CC)C(=O)CCCCC(=O)N[C@@H](CCC(=O)NC[C@H](O)[C@@H](O)[C@H](O)[C@H](O)CO)C(=O)N[C@H](C(=O)N[C@@H](C)C(=O)NCOCCCCc1c(C)c(F)cc2nc3c(cc12)Cn1c-3cc2c(c1=O)COC(=O)[C@]2(O)CC)C(C)C. The maximum Gasteiger partial charge on any atom is 0.343 e. The normalized spacial score (nSPS) is 17.9. The van der Waals surface area contributed by atoms with E-state index in [4.69, 9.17) is 19.6 Å². The molecule has 0 fully saturated rings. The number of ketones is 1. The first kappa shape index (κ1) is 66.5. The van der Waals surface area contributed by atoms with E-state index in [-0.39, 0.29) is 69.1 Å². The van der Waals surface area contributed by atoms with Gasteiger partial charge in [0.2, 0.25) is 29.5 Å². The molecule has 1 unspecified atom stereocenters. The number of aromatic nitrogens is 2. The lowest BCUT2D eigenvalue weighted by atomic mass is 9.77. The molecule has 23 nitrogen and oxygen atoms in total. The van der Waals surface area contributed by atoms with Gasteiger partial charge >= 0.3 is 5.97 Å². The number of cyclic esters (lactones) is 1. The number of carbonyl (C=O) groups excluding carboxylic acids is 7. The van der Waals surface area contributed by atoms with E-state index in [1.807, 2.05) is 26.8 Å². The summed E-state index contributed by atoms with van der Waals surface area (Å²) < 4.78 is 27.8. The molecule has 3 aromatic rings. The standard InChI is InChI=1S/C58H84FN7O16/c1-9-21-57(8,10-2)45(70)17-12-13-18-47(72)63-40(19-20-46(71)60-26-43(68)50(73)51(74)44(69)28-67)53(76)65-48(31(4)5)54(77)62-33(7)52(75)61-30-81-22-15-14-16-35-32(6)39(59)25-41-36(35)23-34-27-66-42(49(34)64-41)24-38-37(55(66)78)29-82-56(79)58(38,80)11-3/h23-25,31,33,40,43-44,48,50-51,67-69,73-74,80H,9-22,26-30H2,1-8H3,(H,60,71)(H,61,75)(H,62,77)(H,63,72)(H,65,76)/t33-,40-,43-,44+,48-,50+,51+,57?,58-/m0/s1. The number of hydrogen-bond donors (Lipinski definition) is 11. The summed E-state index contributed by atoms with van der Waals surface area (Å²) in [6.07, 6.45) is -3.28. The van der Waals surface area contributed by atoms with Gasteiger partial charge < -0.3 is 71.3 Å². The van der Waals surface area contributed by atoms with Crippen molar-refractivity contribution in [1.82, 2.24) is 36.1 Å². The van der Waals surface area contributed by atoms with Crippen molar-refractivity contribution in [3.8, 4) is 11.4 Å². The number of aliphatic hydroxyl groups is 6. The predicted molar refractivity (Wildman–Crippen MR) is 298 cm³/mol. The molecule has 4 heterocycles. The number of nitrogens with zero attached hydrogens (tertiary/aromatic N) is 2. The highest BCUT2D eigenvalue weighted by molar-refractivity contribution is 5.95. The van der Waals surface area contributed by atoms with Gasteiger partial charge in [-0.3, -0.25) is 33.6 Å². The Morgan fingerprint density at radius 1 is 0.866 bits per heavy atom. The van der Waals surface area contributed by atoms with Gasteiger partial charge in [-0.25, -0.2) is 14.2 Å². The lowest BCUT2D eigenvalue weighted by Gasteiger charge is -2.31. The van der Waals surface area contributed by atoms with Gasteiger partial charge in [-0.1, -0.05) is 48.0 Å². The number of rotatable bonds is 33. The molecule has 0 aliphatic carbocycles. The Hall–Kier alpha value is -6.28. The first-order chi connectivity index (χ1) is 38.8. The van der Waals surface area contributed by atoms with Crippen LogP contribution < -0.4 is 32.1 Å². The zero-order valence-corrected chi connectivity index (χ0v) is 48.3. The molecule has 5 rings (SSSR count). The number of unbranched alkanes of at least 4 members (excludes halogenated alkanes) is 2. The number of aryl methyl sites for hydroxylation is 1. The highest BCUT2D eigenvalue weighted by Gasteiger charge is 2.45. The van der Waals surface area contributed by atoms with Crippen molar-refractivity contribution in [2.45, 2.75) is 200 Å². The van der Waals surface area contributed by atoms with E-state index in [0.717, 1.165) is 24.0 Å². The van der Waals surface area contributed by atoms with E-state index < -0.39 is 126 Å². The van der Waals surface area contributed by atoms with Gasteiger partial charge in [-0.05, 0) is 101 Å². The summed E-state index contributed by atoms with van der Waals surface area (Å²) in [6, 6.07) is 1.16. The van der Waals surface area contributed by atoms with Crippen molar-refractivity contribution in [1.29, 1.82) is 0 Å². The van der Waals surface area contributed by atoms with E-state index in [9.17, 15) is 63.9 Å². The molecular formula is C58H84FN7O16. The van der Waals surface area contributed by atoms with Crippen LogP contribution in [0.2, 0.25) is 0 Å². The monoisotopic (exact) mass is 1150 g/mol. The fourth-order valence-electron chi connectivity index (χ4n) is 10.3. The van der Waals surface area contributed by atoms with Crippen LogP contribution >= 0.6 is 0 Å². The molecular weight excluding hydrogens is 1070 g/mol. The van der Waals surface area contributed by atoms with Gasteiger partial charge in [0.05, 0.1) is 41.7 Å². The molecule has 11 N–H and O–H groups in total. The number of halogens is 1. The average molecular weight is 1150 g/mol. The van der Waals surface area contributed by atoms with Crippen LogP contribution in [0.3, 0.4) is 0 Å². The van der Waals surface area contributed by atoms with Crippen molar-refractivity contribution in [2.75, 3.05) is 26.5 Å². The average Bonchev–Trinajstić information content (AvgIpc) is 3.25. The summed E-state index contributed by atoms with van der Waals surface area (Å²) in [7, 11) is 0. The summed E-state index contributed by atoms with van der Waals surface area (Å²) in [5, 5.41) is 73.7. The zero-order chi connectivity index (χ0) is 60.8. The van der Waals surface area contributed by atoms with Crippen LogP contribution in [-0.2, 0) is 68.2 Å². The number of hydrogen-bond acceptors (Lipinski definition) is 17. The number of esters is 1. The van der Waals surface area contributed by atoms with E-state index in [0.29, 0.717) is 66.4 Å². The van der Waals surface area contributed by atoms with Gasteiger partial charge in [0, 0.05) is 60.4 Å². The van der Waals surface area contributed by atoms with E-state index >= 15 is 4.39 Å². The number of amides is 5. The Morgan fingerprint density at radius 2 is 1.56 bits per heavy atom. The molecule has 0 radical (unpaired) electrons. The Morgan fingerprint density at radius 3 is 2.22 bits per heavy atom. The van der Waals surface area contributed by atoms with Gasteiger partial charge in [-0.15, -0.1) is 0 Å². The number of aliphatic hydroxyl groups excluding tert-OH is 5. The summed E-state index contributed by atoms with van der Waals surface area (Å²) >= 11 is 0. The number of ether oxygens (including phenoxy) is 2. The summed E-state index contributed by atoms with van der Waals surface area (Å²) in [4.78, 5) is 111. The zero-order valence-electron chi connectivity index (χ0n) is 48.3. The van der Waals surface area contributed by atoms with E-state index in [1.165, 1.54) is 17.6 Å². The number of nitrogens with one attached hydrogen (secondary N) is 5. The van der Waals surface area contributed by atoms with Crippen LogP contribution in [0.25, 0.3) is 22.3 Å². The second-order valence-electron chi connectivity index (χ2n) is 22.2. The molecule has 24 heteroatoms. The molecule has 0 bridgehead atoms. The lowest BCUT2D eigenvalue weighted by molar-refractivity contribution is -0.172. The Kier molecular flexibility index (Phi) is 24.2. The lowest BCUT2D eigenvalue weighted by Crippen LogP contribution is -2.58. The van der Waals surface area contributed by atoms with E-state index in [2.05, 4.69) is 26.6 Å². The number of benzene rings is 1. The third-order valence-electron chi connectivity index (χ3n) is 15.9. The largest absolute Gasteiger partial charge is 0.458 e. The molecule has 454 valence electrons. The summed E-state index contributed by atoms with van der Waals surface area (Å²) in [5.41, 5.74) is 0.661. The molecule has 0 spiro atoms. The van der Waals surface area contributed by atoms with Crippen LogP contribution in [0.15, 0.2) is 23.0 Å². The fourth-order valence-corrected chi connectivity index (χ4v) is 10.3. The summed E-state index contributed by atoms with van der Waals surface area (Å²) in [6.45, 7) is 12.4. The first-order valence-corrected chi connectivity index (χ1v) is 28.4. The molecule has 82 heavy (non-hydrogen) atoms. The van der Waals surface area contributed by atoms with Crippen LogP contribution in [0, 0.1) is 24.1 Å². The second-order valence-corrected chi connectivity index (χ2v) is 22.2. The van der Waals surface area contributed by atoms with Crippen molar-refractivity contribution in [3.05, 3.63) is 62.2 Å². The van der Waals surface area contributed by atoms with Gasteiger partial charge in [0.1, 0.15) is 61.4 Å². The number of fused-ring (bicyclic) bond motifs is 5. The van der Waals surface area contributed by atoms with Crippen LogP contribution in [-0.4, -0.2) is 151 Å². The maximum absolute atomic E-state index is 15.5. The van der Waals surface area contributed by atoms with Gasteiger partial charge in [-0.2, -0.15) is 0 Å².